The highest BCUT2D eigenvalue weighted by Gasteiger charge is 2.04. The molecule has 2 N–H and O–H groups in total. The largest absolute Gasteiger partial charge is 0.375 e. The Kier molecular flexibility index (Phi) is 5.03. The van der Waals surface area contributed by atoms with Gasteiger partial charge in [0.05, 0.1) is 11.0 Å². The number of ether oxygens (including phenoxy) is 1. The normalized spacial score (nSPS) is 10.8. The van der Waals surface area contributed by atoms with Gasteiger partial charge < -0.3 is 15.4 Å². The first-order chi connectivity index (χ1) is 13.7. The monoisotopic (exact) mass is 372 g/mol. The number of anilines is 3. The van der Waals surface area contributed by atoms with E-state index in [0.717, 1.165) is 33.8 Å². The van der Waals surface area contributed by atoms with Gasteiger partial charge in [0.2, 0.25) is 5.91 Å². The molecule has 6 heteroatoms. The van der Waals surface area contributed by atoms with Gasteiger partial charge >= 0.3 is 0 Å². The molecule has 0 radical (unpaired) electrons. The molecule has 1 amide bonds. The molecule has 0 saturated heterocycles. The average Bonchev–Trinajstić information content (AvgIpc) is 3.14. The average molecular weight is 372 g/mol. The van der Waals surface area contributed by atoms with Gasteiger partial charge in [-0.15, -0.1) is 0 Å². The number of aromatic nitrogens is 2. The lowest BCUT2D eigenvalue weighted by Crippen LogP contribution is -2.16. The molecule has 0 spiro atoms. The summed E-state index contributed by atoms with van der Waals surface area (Å²) in [7, 11) is 1.49. The summed E-state index contributed by atoms with van der Waals surface area (Å²) < 4.78 is 6.87. The van der Waals surface area contributed by atoms with Crippen molar-refractivity contribution < 1.29 is 9.53 Å². The van der Waals surface area contributed by atoms with Gasteiger partial charge in [0.15, 0.2) is 0 Å². The standard InChI is InChI=1S/C22H20N4O2/c1-28-14-22(27)25-18-8-6-16(7-9-18)24-17-10-12-19(13-11-17)26-15-23-20-4-2-3-5-21(20)26/h2-13,15,24H,14H2,1H3,(H,25,27). The predicted octanol–water partition coefficient (Wildman–Crippen LogP) is 4.35. The van der Waals surface area contributed by atoms with Crippen LogP contribution in [0.2, 0.25) is 0 Å². The van der Waals surface area contributed by atoms with Crippen LogP contribution in [0.25, 0.3) is 16.7 Å². The van der Waals surface area contributed by atoms with Gasteiger partial charge in [-0.1, -0.05) is 12.1 Å². The number of rotatable bonds is 6. The molecule has 0 aliphatic rings. The SMILES string of the molecule is COCC(=O)Nc1ccc(Nc2ccc(-n3cnc4ccccc43)cc2)cc1. The van der Waals surface area contributed by atoms with E-state index in [4.69, 9.17) is 4.74 Å². The number of methoxy groups -OCH3 is 1. The van der Waals surface area contributed by atoms with E-state index < -0.39 is 0 Å². The van der Waals surface area contributed by atoms with Crippen molar-refractivity contribution in [3.63, 3.8) is 0 Å². The first-order valence-corrected chi connectivity index (χ1v) is 8.91. The van der Waals surface area contributed by atoms with Crippen LogP contribution < -0.4 is 10.6 Å². The van der Waals surface area contributed by atoms with E-state index in [1.807, 2.05) is 60.9 Å². The van der Waals surface area contributed by atoms with Gasteiger partial charge in [0, 0.05) is 29.9 Å². The highest BCUT2D eigenvalue weighted by atomic mass is 16.5. The van der Waals surface area contributed by atoms with Crippen LogP contribution >= 0.6 is 0 Å². The Morgan fingerprint density at radius 3 is 2.29 bits per heavy atom. The maximum absolute atomic E-state index is 11.5. The molecule has 4 aromatic rings. The first-order valence-electron chi connectivity index (χ1n) is 8.91. The highest BCUT2D eigenvalue weighted by molar-refractivity contribution is 5.91. The van der Waals surface area contributed by atoms with Crippen LogP contribution in [0.3, 0.4) is 0 Å². The fourth-order valence-corrected chi connectivity index (χ4v) is 3.00. The van der Waals surface area contributed by atoms with Gasteiger partial charge in [-0.05, 0) is 60.7 Å². The van der Waals surface area contributed by atoms with Crippen molar-refractivity contribution in [1.82, 2.24) is 9.55 Å². The summed E-state index contributed by atoms with van der Waals surface area (Å²) in [6.45, 7) is 0.0402. The molecule has 0 bridgehead atoms. The number of para-hydroxylation sites is 2. The van der Waals surface area contributed by atoms with Crippen molar-refractivity contribution in [2.75, 3.05) is 24.4 Å². The highest BCUT2D eigenvalue weighted by Crippen LogP contribution is 2.22. The molecule has 0 aliphatic heterocycles. The van der Waals surface area contributed by atoms with E-state index in [1.54, 1.807) is 0 Å². The third kappa shape index (κ3) is 3.87. The van der Waals surface area contributed by atoms with E-state index >= 15 is 0 Å². The smallest absolute Gasteiger partial charge is 0.250 e. The van der Waals surface area contributed by atoms with Crippen molar-refractivity contribution in [2.24, 2.45) is 0 Å². The molecule has 1 aromatic heterocycles. The number of amides is 1. The van der Waals surface area contributed by atoms with Crippen molar-refractivity contribution in [2.45, 2.75) is 0 Å². The molecule has 1 heterocycles. The fourth-order valence-electron chi connectivity index (χ4n) is 3.00. The number of hydrogen-bond acceptors (Lipinski definition) is 4. The quantitative estimate of drug-likeness (QED) is 0.528. The Morgan fingerprint density at radius 1 is 0.929 bits per heavy atom. The molecule has 6 nitrogen and oxygen atoms in total. The summed E-state index contributed by atoms with van der Waals surface area (Å²) in [6, 6.07) is 23.7. The Hall–Kier alpha value is -3.64. The topological polar surface area (TPSA) is 68.2 Å². The molecule has 0 unspecified atom stereocenters. The second kappa shape index (κ2) is 7.94. The minimum Gasteiger partial charge on any atom is -0.375 e. The van der Waals surface area contributed by atoms with Crippen LogP contribution in [0.4, 0.5) is 17.1 Å². The second-order valence-corrected chi connectivity index (χ2v) is 6.33. The van der Waals surface area contributed by atoms with Gasteiger partial charge in [0.25, 0.3) is 0 Å². The molecule has 28 heavy (non-hydrogen) atoms. The number of hydrogen-bond donors (Lipinski definition) is 2. The zero-order valence-electron chi connectivity index (χ0n) is 15.4. The Morgan fingerprint density at radius 2 is 1.57 bits per heavy atom. The van der Waals surface area contributed by atoms with Gasteiger partial charge in [-0.25, -0.2) is 4.98 Å². The summed E-state index contributed by atoms with van der Waals surface area (Å²) in [5.41, 5.74) is 5.75. The predicted molar refractivity (Wildman–Crippen MR) is 111 cm³/mol. The number of carbonyl (C=O) groups is 1. The summed E-state index contributed by atoms with van der Waals surface area (Å²) in [5, 5.41) is 6.13. The molecular formula is C22H20N4O2. The van der Waals surface area contributed by atoms with E-state index in [9.17, 15) is 4.79 Å². The van der Waals surface area contributed by atoms with E-state index in [-0.39, 0.29) is 12.5 Å². The molecule has 0 aliphatic carbocycles. The lowest BCUT2D eigenvalue weighted by Gasteiger charge is -2.10. The number of imidazole rings is 1. The summed E-state index contributed by atoms with van der Waals surface area (Å²) in [5.74, 6) is -0.175. The van der Waals surface area contributed by atoms with Gasteiger partial charge in [-0.2, -0.15) is 0 Å². The van der Waals surface area contributed by atoms with Crippen LogP contribution in [0.15, 0.2) is 79.1 Å². The zero-order valence-corrected chi connectivity index (χ0v) is 15.4. The maximum atomic E-state index is 11.5. The molecule has 0 saturated carbocycles. The molecule has 0 fully saturated rings. The minimum absolute atomic E-state index is 0.0402. The zero-order chi connectivity index (χ0) is 19.3. The van der Waals surface area contributed by atoms with Crippen molar-refractivity contribution in [3.05, 3.63) is 79.1 Å². The third-order valence-electron chi connectivity index (χ3n) is 4.33. The van der Waals surface area contributed by atoms with E-state index in [2.05, 4.69) is 38.4 Å². The van der Waals surface area contributed by atoms with Gasteiger partial charge in [-0.3, -0.25) is 9.36 Å². The second-order valence-electron chi connectivity index (χ2n) is 6.33. The lowest BCUT2D eigenvalue weighted by molar-refractivity contribution is -0.119. The summed E-state index contributed by atoms with van der Waals surface area (Å²) in [4.78, 5) is 16.0. The van der Waals surface area contributed by atoms with E-state index in [1.165, 1.54) is 7.11 Å². The van der Waals surface area contributed by atoms with Crippen LogP contribution in [-0.2, 0) is 9.53 Å². The van der Waals surface area contributed by atoms with Crippen molar-refractivity contribution in [1.29, 1.82) is 0 Å². The van der Waals surface area contributed by atoms with Gasteiger partial charge in [0.1, 0.15) is 12.9 Å². The van der Waals surface area contributed by atoms with Crippen LogP contribution in [-0.4, -0.2) is 29.2 Å². The first kappa shape index (κ1) is 17.8. The molecule has 0 atom stereocenters. The Labute approximate surface area is 162 Å². The van der Waals surface area contributed by atoms with E-state index in [0.29, 0.717) is 0 Å². The molecule has 4 rings (SSSR count). The van der Waals surface area contributed by atoms with Crippen molar-refractivity contribution >= 4 is 34.0 Å². The fraction of sp³-hybridized carbons (Fsp3) is 0.0909. The lowest BCUT2D eigenvalue weighted by atomic mass is 10.2. The molecule has 3 aromatic carbocycles. The Bertz CT molecular complexity index is 1090. The summed E-state index contributed by atoms with van der Waals surface area (Å²) in [6.07, 6.45) is 1.84. The summed E-state index contributed by atoms with van der Waals surface area (Å²) >= 11 is 0. The molecule has 140 valence electrons. The number of nitrogens with one attached hydrogen (secondary N) is 2. The van der Waals surface area contributed by atoms with Crippen LogP contribution in [0.5, 0.6) is 0 Å². The maximum Gasteiger partial charge on any atom is 0.250 e. The van der Waals surface area contributed by atoms with Crippen LogP contribution in [0.1, 0.15) is 0 Å². The number of fused-ring (bicyclic) bond motifs is 1. The van der Waals surface area contributed by atoms with Crippen molar-refractivity contribution in [3.8, 4) is 5.69 Å². The number of nitrogens with zero attached hydrogens (tertiary/aromatic N) is 2. The number of carbonyl (C=O) groups excluding carboxylic acids is 1. The Balaban J connectivity index is 1.45. The van der Waals surface area contributed by atoms with Crippen LogP contribution in [0, 0.1) is 0 Å². The number of benzene rings is 3. The third-order valence-corrected chi connectivity index (χ3v) is 4.33. The minimum atomic E-state index is -0.175. The molecular weight excluding hydrogens is 352 g/mol.